The van der Waals surface area contributed by atoms with E-state index in [-0.39, 0.29) is 16.5 Å². The normalized spacial score (nSPS) is 10.9. The lowest BCUT2D eigenvalue weighted by atomic mass is 10.1. The fourth-order valence-corrected chi connectivity index (χ4v) is 1.45. The molecular weight excluding hydrogens is 219 g/mol. The Bertz CT molecular complexity index is 315. The van der Waals surface area contributed by atoms with Crippen LogP contribution >= 0.6 is 23.2 Å². The van der Waals surface area contributed by atoms with Crippen molar-refractivity contribution in [3.8, 4) is 0 Å². The molecule has 1 aromatic rings. The van der Waals surface area contributed by atoms with E-state index >= 15 is 0 Å². The lowest BCUT2D eigenvalue weighted by Crippen LogP contribution is -1.97. The van der Waals surface area contributed by atoms with E-state index in [0.29, 0.717) is 11.3 Å². The van der Waals surface area contributed by atoms with Crippen molar-refractivity contribution in [2.75, 3.05) is 0 Å². The third-order valence-corrected chi connectivity index (χ3v) is 2.49. The number of rotatable bonds is 2. The smallest absolute Gasteiger partial charge is 0.258 e. The summed E-state index contributed by atoms with van der Waals surface area (Å²) in [6.45, 7) is 1.53. The quantitative estimate of drug-likeness (QED) is 0.700. The molecule has 1 heterocycles. The minimum Gasteiger partial charge on any atom is -0.258 e. The molecular formula is C8H7Cl2F2N. The van der Waals surface area contributed by atoms with Crippen LogP contribution in [0.25, 0.3) is 0 Å². The van der Waals surface area contributed by atoms with Crippen LogP contribution in [0.1, 0.15) is 23.2 Å². The molecule has 13 heavy (non-hydrogen) atoms. The first kappa shape index (κ1) is 10.7. The molecule has 0 aromatic carbocycles. The topological polar surface area (TPSA) is 12.9 Å². The minimum atomic E-state index is -2.55. The van der Waals surface area contributed by atoms with Gasteiger partial charge >= 0.3 is 0 Å². The van der Waals surface area contributed by atoms with Gasteiger partial charge in [0.05, 0.1) is 16.6 Å². The van der Waals surface area contributed by atoms with Crippen LogP contribution < -0.4 is 0 Å². The number of aromatic nitrogens is 1. The lowest BCUT2D eigenvalue weighted by Gasteiger charge is -2.08. The second-order valence-electron chi connectivity index (χ2n) is 2.53. The zero-order chi connectivity index (χ0) is 10.0. The van der Waals surface area contributed by atoms with Gasteiger partial charge < -0.3 is 0 Å². The third kappa shape index (κ3) is 2.09. The molecule has 0 bridgehead atoms. The summed E-state index contributed by atoms with van der Waals surface area (Å²) in [5.74, 6) is 0.128. The fourth-order valence-electron chi connectivity index (χ4n) is 0.957. The highest BCUT2D eigenvalue weighted by Gasteiger charge is 2.15. The van der Waals surface area contributed by atoms with E-state index in [9.17, 15) is 8.78 Å². The highest BCUT2D eigenvalue weighted by molar-refractivity contribution is 6.32. The van der Waals surface area contributed by atoms with Gasteiger partial charge in [0.15, 0.2) is 0 Å². The molecule has 0 saturated heterocycles. The number of alkyl halides is 3. The maximum absolute atomic E-state index is 12.3. The van der Waals surface area contributed by atoms with Gasteiger partial charge in [0.1, 0.15) is 0 Å². The third-order valence-electron chi connectivity index (χ3n) is 1.74. The van der Waals surface area contributed by atoms with Crippen LogP contribution in [0.3, 0.4) is 0 Å². The van der Waals surface area contributed by atoms with Crippen LogP contribution in [0, 0.1) is 6.92 Å². The number of hydrogen-bond donors (Lipinski definition) is 0. The van der Waals surface area contributed by atoms with Crippen molar-refractivity contribution < 1.29 is 8.78 Å². The molecule has 0 amide bonds. The summed E-state index contributed by atoms with van der Waals surface area (Å²) < 4.78 is 24.6. The molecule has 0 spiro atoms. The van der Waals surface area contributed by atoms with Gasteiger partial charge in [-0.05, 0) is 12.5 Å². The zero-order valence-corrected chi connectivity index (χ0v) is 8.33. The molecule has 72 valence electrons. The van der Waals surface area contributed by atoms with E-state index in [4.69, 9.17) is 23.2 Å². The monoisotopic (exact) mass is 225 g/mol. The van der Waals surface area contributed by atoms with Crippen molar-refractivity contribution in [1.82, 2.24) is 4.98 Å². The second kappa shape index (κ2) is 4.20. The van der Waals surface area contributed by atoms with Gasteiger partial charge in [0, 0.05) is 11.8 Å². The molecule has 0 N–H and O–H groups in total. The Morgan fingerprint density at radius 2 is 2.15 bits per heavy atom. The maximum atomic E-state index is 12.3. The number of pyridine rings is 1. The summed E-state index contributed by atoms with van der Waals surface area (Å²) in [4.78, 5) is 3.73. The standard InChI is InChI=1S/C8H7Cl2F2N/c1-4-5(8(11)12)3-13-6(2-9)7(4)10/h3,8H,2H2,1H3. The van der Waals surface area contributed by atoms with Crippen LogP contribution in [0.4, 0.5) is 8.78 Å². The summed E-state index contributed by atoms with van der Waals surface area (Å²) >= 11 is 11.3. The molecule has 5 heteroatoms. The minimum absolute atomic E-state index is 0.128. The largest absolute Gasteiger partial charge is 0.265 e. The van der Waals surface area contributed by atoms with Crippen LogP contribution in [0.5, 0.6) is 0 Å². The van der Waals surface area contributed by atoms with Gasteiger partial charge in [-0.3, -0.25) is 4.98 Å². The summed E-state index contributed by atoms with van der Waals surface area (Å²) in [6, 6.07) is 0. The van der Waals surface area contributed by atoms with E-state index in [1.807, 2.05) is 0 Å². The Morgan fingerprint density at radius 1 is 1.54 bits per heavy atom. The van der Waals surface area contributed by atoms with Gasteiger partial charge in [-0.1, -0.05) is 11.6 Å². The van der Waals surface area contributed by atoms with Crippen molar-refractivity contribution in [2.24, 2.45) is 0 Å². The van der Waals surface area contributed by atoms with E-state index < -0.39 is 6.43 Å². The van der Waals surface area contributed by atoms with E-state index in [1.165, 1.54) is 6.92 Å². The molecule has 1 nitrogen and oxygen atoms in total. The van der Waals surface area contributed by atoms with Crippen LogP contribution in [-0.2, 0) is 5.88 Å². The Morgan fingerprint density at radius 3 is 2.62 bits per heavy atom. The molecule has 0 unspecified atom stereocenters. The summed E-state index contributed by atoms with van der Waals surface area (Å²) in [5.41, 5.74) is 0.645. The average Bonchev–Trinajstić information content (AvgIpc) is 2.09. The molecule has 0 saturated carbocycles. The molecule has 0 aliphatic rings. The number of nitrogens with zero attached hydrogens (tertiary/aromatic N) is 1. The predicted molar refractivity (Wildman–Crippen MR) is 48.5 cm³/mol. The fraction of sp³-hybridized carbons (Fsp3) is 0.375. The molecule has 1 rings (SSSR count). The van der Waals surface area contributed by atoms with Gasteiger partial charge in [0.2, 0.25) is 0 Å². The average molecular weight is 226 g/mol. The summed E-state index contributed by atoms with van der Waals surface area (Å²) in [6.07, 6.45) is -1.43. The Balaban J connectivity index is 3.23. The van der Waals surface area contributed by atoms with Gasteiger partial charge in [-0.2, -0.15) is 0 Å². The number of halogens is 4. The van der Waals surface area contributed by atoms with E-state index in [1.54, 1.807) is 0 Å². The van der Waals surface area contributed by atoms with Crippen molar-refractivity contribution >= 4 is 23.2 Å². The molecule has 0 radical (unpaired) electrons. The maximum Gasteiger partial charge on any atom is 0.265 e. The molecule has 0 fully saturated rings. The zero-order valence-electron chi connectivity index (χ0n) is 6.82. The first-order chi connectivity index (χ1) is 6.07. The van der Waals surface area contributed by atoms with Crippen molar-refractivity contribution in [2.45, 2.75) is 19.2 Å². The van der Waals surface area contributed by atoms with Gasteiger partial charge in [0.25, 0.3) is 6.43 Å². The summed E-state index contributed by atoms with van der Waals surface area (Å²) in [5, 5.41) is 0.229. The number of hydrogen-bond acceptors (Lipinski definition) is 1. The highest BCUT2D eigenvalue weighted by atomic mass is 35.5. The van der Waals surface area contributed by atoms with Gasteiger partial charge in [-0.25, -0.2) is 8.78 Å². The van der Waals surface area contributed by atoms with Crippen LogP contribution in [-0.4, -0.2) is 4.98 Å². The van der Waals surface area contributed by atoms with Gasteiger partial charge in [-0.15, -0.1) is 11.6 Å². The van der Waals surface area contributed by atoms with Crippen molar-refractivity contribution in [1.29, 1.82) is 0 Å². The Labute approximate surface area is 84.7 Å². The molecule has 0 aliphatic heterocycles. The lowest BCUT2D eigenvalue weighted by molar-refractivity contribution is 0.150. The Kier molecular flexibility index (Phi) is 3.45. The van der Waals surface area contributed by atoms with Crippen molar-refractivity contribution in [3.05, 3.63) is 28.0 Å². The first-order valence-corrected chi connectivity index (χ1v) is 4.47. The van der Waals surface area contributed by atoms with Crippen LogP contribution in [0.2, 0.25) is 5.02 Å². The van der Waals surface area contributed by atoms with E-state index in [0.717, 1.165) is 6.20 Å². The SMILES string of the molecule is Cc1c(C(F)F)cnc(CCl)c1Cl. The first-order valence-electron chi connectivity index (χ1n) is 3.56. The predicted octanol–water partition coefficient (Wildman–Crippen LogP) is 3.72. The van der Waals surface area contributed by atoms with Crippen molar-refractivity contribution in [3.63, 3.8) is 0 Å². The molecule has 0 aliphatic carbocycles. The summed E-state index contributed by atoms with van der Waals surface area (Å²) in [7, 11) is 0. The highest BCUT2D eigenvalue weighted by Crippen LogP contribution is 2.29. The van der Waals surface area contributed by atoms with E-state index in [2.05, 4.69) is 4.98 Å². The molecule has 0 atom stereocenters. The second-order valence-corrected chi connectivity index (χ2v) is 3.18. The molecule has 1 aromatic heterocycles. The Hall–Kier alpha value is -0.410. The van der Waals surface area contributed by atoms with Crippen LogP contribution in [0.15, 0.2) is 6.20 Å².